The van der Waals surface area contributed by atoms with Crippen molar-refractivity contribution in [2.75, 3.05) is 18.0 Å². The summed E-state index contributed by atoms with van der Waals surface area (Å²) in [4.78, 5) is 15.2. The highest BCUT2D eigenvalue weighted by Crippen LogP contribution is 2.36. The third-order valence-electron chi connectivity index (χ3n) is 5.60. The maximum atomic E-state index is 13.1. The van der Waals surface area contributed by atoms with E-state index in [1.54, 1.807) is 6.07 Å². The van der Waals surface area contributed by atoms with Gasteiger partial charge in [0, 0.05) is 23.2 Å². The molecule has 0 radical (unpaired) electrons. The van der Waals surface area contributed by atoms with Crippen LogP contribution in [0.3, 0.4) is 0 Å². The molecule has 4 heterocycles. The zero-order valence-corrected chi connectivity index (χ0v) is 18.6. The van der Waals surface area contributed by atoms with E-state index in [9.17, 15) is 18.0 Å². The Labute approximate surface area is 194 Å². The molecule has 12 heteroatoms. The normalized spacial score (nSPS) is 15.5. The molecule has 0 aliphatic carbocycles. The van der Waals surface area contributed by atoms with Gasteiger partial charge in [-0.2, -0.15) is 17.7 Å². The van der Waals surface area contributed by atoms with Crippen LogP contribution in [0.1, 0.15) is 23.5 Å². The molecule has 4 aromatic rings. The molecule has 33 heavy (non-hydrogen) atoms. The Hall–Kier alpha value is -2.92. The van der Waals surface area contributed by atoms with Crippen molar-refractivity contribution in [2.24, 2.45) is 5.92 Å². The van der Waals surface area contributed by atoms with Gasteiger partial charge in [0.05, 0.1) is 15.8 Å². The number of rotatable bonds is 4. The summed E-state index contributed by atoms with van der Waals surface area (Å²) < 4.78 is 46.6. The lowest BCUT2D eigenvalue weighted by Crippen LogP contribution is -2.37. The van der Waals surface area contributed by atoms with Crippen LogP contribution in [-0.4, -0.2) is 38.9 Å². The number of esters is 1. The Kier molecular flexibility index (Phi) is 5.61. The van der Waals surface area contributed by atoms with Crippen LogP contribution < -0.4 is 4.90 Å². The zero-order chi connectivity index (χ0) is 23.2. The summed E-state index contributed by atoms with van der Waals surface area (Å²) >= 11 is 7.91. The van der Waals surface area contributed by atoms with Gasteiger partial charge in [0.15, 0.2) is 5.65 Å². The van der Waals surface area contributed by atoms with E-state index < -0.39 is 12.0 Å². The molecular weight excluding hydrogens is 479 g/mol. The summed E-state index contributed by atoms with van der Waals surface area (Å²) in [6.45, 7) is 1.04. The highest BCUT2D eigenvalue weighted by atomic mass is 35.5. The van der Waals surface area contributed by atoms with E-state index >= 15 is 0 Å². The smallest absolute Gasteiger partial charge is 0.453 e. The second-order valence-corrected chi connectivity index (χ2v) is 9.20. The number of hydrogen-bond donors (Lipinski definition) is 0. The van der Waals surface area contributed by atoms with Gasteiger partial charge in [-0.3, -0.25) is 4.79 Å². The first-order chi connectivity index (χ1) is 15.8. The van der Waals surface area contributed by atoms with E-state index in [0.29, 0.717) is 41.3 Å². The predicted molar refractivity (Wildman–Crippen MR) is 117 cm³/mol. The largest absolute Gasteiger partial charge is 0.460 e. The number of fused-ring (bicyclic) bond motifs is 2. The van der Waals surface area contributed by atoms with Gasteiger partial charge in [0.1, 0.15) is 12.4 Å². The van der Waals surface area contributed by atoms with Crippen molar-refractivity contribution in [1.82, 2.24) is 19.8 Å². The minimum absolute atomic E-state index is 0.0180. The van der Waals surface area contributed by atoms with E-state index in [-0.39, 0.29) is 24.1 Å². The summed E-state index contributed by atoms with van der Waals surface area (Å²) in [6.07, 6.45) is -3.64. The molecule has 0 N–H and O–H groups in total. The lowest BCUT2D eigenvalue weighted by molar-refractivity contribution is -0.150. The fourth-order valence-electron chi connectivity index (χ4n) is 3.88. The third-order valence-corrected chi connectivity index (χ3v) is 7.29. The molecule has 0 bridgehead atoms. The van der Waals surface area contributed by atoms with Crippen molar-refractivity contribution in [1.29, 1.82) is 0 Å². The van der Waals surface area contributed by atoms with E-state index in [4.69, 9.17) is 16.3 Å². The highest BCUT2D eigenvalue weighted by Gasteiger charge is 2.38. The number of carbonyl (C=O) groups is 1. The number of aromatic nitrogens is 4. The number of carbonyl (C=O) groups excluding carboxylic acids is 1. The number of piperidine rings is 1. The summed E-state index contributed by atoms with van der Waals surface area (Å²) in [7, 11) is 0. The summed E-state index contributed by atoms with van der Waals surface area (Å²) in [6, 6.07) is 10.8. The summed E-state index contributed by atoms with van der Waals surface area (Å²) in [5.74, 6) is -1.39. The fraction of sp³-hybridized carbons (Fsp3) is 0.333. The first-order valence-electron chi connectivity index (χ1n) is 10.2. The Morgan fingerprint density at radius 1 is 1.15 bits per heavy atom. The zero-order valence-electron chi connectivity index (χ0n) is 17.0. The molecule has 0 spiro atoms. The number of hydrogen-bond acceptors (Lipinski definition) is 7. The Morgan fingerprint density at radius 2 is 1.91 bits per heavy atom. The number of nitrogens with zero attached hydrogens (tertiary/aromatic N) is 5. The first-order valence-corrected chi connectivity index (χ1v) is 11.4. The maximum Gasteiger partial charge on any atom is 0.453 e. The number of alkyl halides is 3. The van der Waals surface area contributed by atoms with Crippen LogP contribution in [-0.2, 0) is 22.3 Å². The lowest BCUT2D eigenvalue weighted by Gasteiger charge is -2.31. The van der Waals surface area contributed by atoms with Crippen molar-refractivity contribution in [2.45, 2.75) is 25.6 Å². The number of anilines is 1. The number of benzene rings is 1. The van der Waals surface area contributed by atoms with Crippen LogP contribution >= 0.6 is 22.9 Å². The minimum Gasteiger partial charge on any atom is -0.460 e. The molecule has 0 unspecified atom stereocenters. The maximum absolute atomic E-state index is 13.1. The van der Waals surface area contributed by atoms with Gasteiger partial charge in [-0.1, -0.05) is 29.8 Å². The predicted octanol–water partition coefficient (Wildman–Crippen LogP) is 4.97. The van der Waals surface area contributed by atoms with Crippen LogP contribution in [0.2, 0.25) is 5.02 Å². The molecule has 1 aromatic carbocycles. The lowest BCUT2D eigenvalue weighted by atomic mass is 9.97. The molecule has 1 aliphatic rings. The molecular formula is C21H17ClF3N5O2S. The summed E-state index contributed by atoms with van der Waals surface area (Å²) in [5.41, 5.74) is 0.0180. The second-order valence-electron chi connectivity index (χ2n) is 7.69. The van der Waals surface area contributed by atoms with E-state index in [0.717, 1.165) is 15.0 Å². The Bertz CT molecular complexity index is 1330. The highest BCUT2D eigenvalue weighted by molar-refractivity contribution is 7.19. The Morgan fingerprint density at radius 3 is 2.64 bits per heavy atom. The molecule has 1 aliphatic heterocycles. The molecule has 7 nitrogen and oxygen atoms in total. The van der Waals surface area contributed by atoms with Crippen molar-refractivity contribution in [3.63, 3.8) is 0 Å². The number of ether oxygens (including phenoxy) is 1. The van der Waals surface area contributed by atoms with Crippen LogP contribution in [0.4, 0.5) is 19.0 Å². The second kappa shape index (κ2) is 8.45. The van der Waals surface area contributed by atoms with Crippen LogP contribution in [0.15, 0.2) is 36.4 Å². The monoisotopic (exact) mass is 495 g/mol. The molecule has 0 amide bonds. The molecule has 3 aromatic heterocycles. The van der Waals surface area contributed by atoms with Crippen LogP contribution in [0.25, 0.3) is 15.7 Å². The molecule has 0 atom stereocenters. The van der Waals surface area contributed by atoms with Crippen molar-refractivity contribution in [3.8, 4) is 0 Å². The van der Waals surface area contributed by atoms with Gasteiger partial charge in [-0.05, 0) is 31.0 Å². The van der Waals surface area contributed by atoms with Gasteiger partial charge in [-0.25, -0.2) is 0 Å². The quantitative estimate of drug-likeness (QED) is 0.372. The van der Waals surface area contributed by atoms with Crippen molar-refractivity contribution < 1.29 is 22.7 Å². The fourth-order valence-corrected chi connectivity index (χ4v) is 5.28. The van der Waals surface area contributed by atoms with E-state index in [2.05, 4.69) is 15.3 Å². The SMILES string of the molecule is O=C(OCc1sc2ccccc2c1Cl)C1CCN(c2ccc3nnc(C(F)(F)F)n3n2)CC1. The molecule has 5 rings (SSSR count). The molecule has 1 saturated heterocycles. The first kappa shape index (κ1) is 21.9. The van der Waals surface area contributed by atoms with Gasteiger partial charge < -0.3 is 9.64 Å². The Balaban J connectivity index is 1.21. The number of thiophene rings is 1. The average molecular weight is 496 g/mol. The van der Waals surface area contributed by atoms with Gasteiger partial charge >= 0.3 is 12.1 Å². The summed E-state index contributed by atoms with van der Waals surface area (Å²) in [5, 5.41) is 12.3. The molecule has 0 saturated carbocycles. The van der Waals surface area contributed by atoms with Gasteiger partial charge in [-0.15, -0.1) is 26.6 Å². The minimum atomic E-state index is -4.65. The van der Waals surface area contributed by atoms with E-state index in [1.165, 1.54) is 17.4 Å². The van der Waals surface area contributed by atoms with Crippen molar-refractivity contribution >= 4 is 50.5 Å². The van der Waals surface area contributed by atoms with Gasteiger partial charge in [0.2, 0.25) is 0 Å². The van der Waals surface area contributed by atoms with E-state index in [1.807, 2.05) is 29.2 Å². The number of halogens is 4. The standard InChI is InChI=1S/C21H17ClF3N5O2S/c22-18-13-3-1-2-4-14(13)33-15(18)11-32-19(31)12-7-9-29(10-8-12)17-6-5-16-26-27-20(21(23,24)25)30(16)28-17/h1-6,12H,7-11H2. The van der Waals surface area contributed by atoms with Crippen LogP contribution in [0.5, 0.6) is 0 Å². The average Bonchev–Trinajstić information content (AvgIpc) is 3.38. The van der Waals surface area contributed by atoms with Crippen molar-refractivity contribution in [3.05, 3.63) is 52.1 Å². The molecule has 1 fully saturated rings. The van der Waals surface area contributed by atoms with Gasteiger partial charge in [0.25, 0.3) is 5.82 Å². The third kappa shape index (κ3) is 4.22. The molecule has 172 valence electrons. The topological polar surface area (TPSA) is 72.6 Å². The van der Waals surface area contributed by atoms with Crippen LogP contribution in [0, 0.1) is 5.92 Å².